The molecule has 0 aromatic rings. The Labute approximate surface area is 105 Å². The van der Waals surface area contributed by atoms with Gasteiger partial charge in [-0.3, -0.25) is 9.59 Å². The summed E-state index contributed by atoms with van der Waals surface area (Å²) >= 11 is 0. The number of rotatable bonds is 1. The van der Waals surface area contributed by atoms with Gasteiger partial charge in [0, 0.05) is 11.5 Å². The lowest BCUT2D eigenvalue weighted by atomic mass is 9.77. The number of ether oxygens (including phenoxy) is 1. The predicted molar refractivity (Wildman–Crippen MR) is 63.6 cm³/mol. The van der Waals surface area contributed by atoms with Crippen molar-refractivity contribution in [2.45, 2.75) is 38.6 Å². The van der Waals surface area contributed by atoms with E-state index in [1.807, 2.05) is 13.8 Å². The summed E-state index contributed by atoms with van der Waals surface area (Å²) in [7, 11) is 0. The fourth-order valence-corrected chi connectivity index (χ4v) is 3.54. The van der Waals surface area contributed by atoms with Gasteiger partial charge in [-0.1, -0.05) is 12.2 Å². The van der Waals surface area contributed by atoms with E-state index in [0.29, 0.717) is 6.42 Å². The molecule has 1 saturated heterocycles. The van der Waals surface area contributed by atoms with Crippen molar-refractivity contribution in [3.05, 3.63) is 23.8 Å². The van der Waals surface area contributed by atoms with Crippen molar-refractivity contribution in [3.63, 3.8) is 0 Å². The highest BCUT2D eigenvalue weighted by molar-refractivity contribution is 6.18. The SMILES string of the molecule is C/C=C/C1=CC(=O)[C@]23C[C@H]2C(C)(C)O[C@]3(O)C1=O. The first-order chi connectivity index (χ1) is 8.29. The minimum Gasteiger partial charge on any atom is -0.358 e. The van der Waals surface area contributed by atoms with Gasteiger partial charge in [-0.2, -0.15) is 0 Å². The van der Waals surface area contributed by atoms with Crippen LogP contribution in [0.4, 0.5) is 0 Å². The minimum atomic E-state index is -1.97. The molecule has 2 fully saturated rings. The molecule has 0 unspecified atom stereocenters. The maximum absolute atomic E-state index is 12.3. The normalized spacial score (nSPS) is 44.9. The van der Waals surface area contributed by atoms with Crippen LogP contribution in [0.15, 0.2) is 23.8 Å². The molecule has 1 spiro atoms. The van der Waals surface area contributed by atoms with Gasteiger partial charge in [0.15, 0.2) is 5.78 Å². The van der Waals surface area contributed by atoms with Gasteiger partial charge in [-0.05, 0) is 33.3 Å². The first kappa shape index (κ1) is 11.8. The first-order valence-corrected chi connectivity index (χ1v) is 6.16. The molecule has 2 aliphatic carbocycles. The van der Waals surface area contributed by atoms with Crippen LogP contribution in [0.1, 0.15) is 27.2 Å². The highest BCUT2D eigenvalue weighted by Crippen LogP contribution is 2.73. The smallest absolute Gasteiger partial charge is 0.245 e. The molecule has 1 saturated carbocycles. The molecule has 1 aliphatic heterocycles. The van der Waals surface area contributed by atoms with E-state index >= 15 is 0 Å². The Bertz CT molecular complexity index is 528. The van der Waals surface area contributed by atoms with Crippen molar-refractivity contribution < 1.29 is 19.4 Å². The number of hydrogen-bond donors (Lipinski definition) is 1. The van der Waals surface area contributed by atoms with Crippen LogP contribution in [-0.4, -0.2) is 28.1 Å². The third kappa shape index (κ3) is 1.04. The van der Waals surface area contributed by atoms with Gasteiger partial charge in [-0.15, -0.1) is 0 Å². The summed E-state index contributed by atoms with van der Waals surface area (Å²) in [6.07, 6.45) is 5.09. The average molecular weight is 248 g/mol. The Balaban J connectivity index is 2.15. The van der Waals surface area contributed by atoms with E-state index in [1.54, 1.807) is 13.0 Å². The van der Waals surface area contributed by atoms with Crippen LogP contribution in [0.25, 0.3) is 0 Å². The van der Waals surface area contributed by atoms with Crippen LogP contribution in [-0.2, 0) is 14.3 Å². The number of carbonyl (C=O) groups is 2. The van der Waals surface area contributed by atoms with E-state index < -0.39 is 22.6 Å². The van der Waals surface area contributed by atoms with E-state index in [4.69, 9.17) is 4.74 Å². The Morgan fingerprint density at radius 1 is 1.44 bits per heavy atom. The number of carbonyl (C=O) groups excluding carboxylic acids is 2. The third-order valence-corrected chi connectivity index (χ3v) is 4.46. The zero-order chi connectivity index (χ0) is 13.3. The van der Waals surface area contributed by atoms with Crippen molar-refractivity contribution in [1.29, 1.82) is 0 Å². The highest BCUT2D eigenvalue weighted by atomic mass is 16.7. The fourth-order valence-electron chi connectivity index (χ4n) is 3.54. The van der Waals surface area contributed by atoms with Crippen molar-refractivity contribution in [2.75, 3.05) is 0 Å². The quantitative estimate of drug-likeness (QED) is 0.756. The van der Waals surface area contributed by atoms with Crippen molar-refractivity contribution in [1.82, 2.24) is 0 Å². The molecule has 96 valence electrons. The second-order valence-corrected chi connectivity index (χ2v) is 5.87. The number of aliphatic hydroxyl groups is 1. The molecule has 0 radical (unpaired) electrons. The zero-order valence-corrected chi connectivity index (χ0v) is 10.7. The maximum atomic E-state index is 12.3. The van der Waals surface area contributed by atoms with Crippen molar-refractivity contribution >= 4 is 11.6 Å². The second kappa shape index (κ2) is 3.00. The van der Waals surface area contributed by atoms with Crippen molar-refractivity contribution in [2.24, 2.45) is 11.3 Å². The Hall–Kier alpha value is -1.26. The highest BCUT2D eigenvalue weighted by Gasteiger charge is 2.84. The summed E-state index contributed by atoms with van der Waals surface area (Å²) in [5.41, 5.74) is -1.45. The standard InChI is InChI=1S/C14H16O4/c1-4-5-8-6-10(15)13-7-9(13)12(2,3)18-14(13,17)11(8)16/h4-6,9,17H,7H2,1-3H3/b5-4+/t9-,13-,14+/m0/s1. The summed E-state index contributed by atoms with van der Waals surface area (Å²) in [5.74, 6) is -2.72. The van der Waals surface area contributed by atoms with E-state index in [2.05, 4.69) is 0 Å². The van der Waals surface area contributed by atoms with E-state index in [1.165, 1.54) is 12.2 Å². The predicted octanol–water partition coefficient (Wildman–Crippen LogP) is 1.14. The lowest BCUT2D eigenvalue weighted by molar-refractivity contribution is -0.238. The van der Waals surface area contributed by atoms with Crippen LogP contribution in [0.5, 0.6) is 0 Å². The lowest BCUT2D eigenvalue weighted by Gasteiger charge is -2.35. The summed E-state index contributed by atoms with van der Waals surface area (Å²) in [5, 5.41) is 10.6. The van der Waals surface area contributed by atoms with Crippen LogP contribution in [0.2, 0.25) is 0 Å². The number of ketones is 2. The molecule has 4 heteroatoms. The van der Waals surface area contributed by atoms with Crippen LogP contribution >= 0.6 is 0 Å². The molecule has 0 amide bonds. The van der Waals surface area contributed by atoms with E-state index in [9.17, 15) is 14.7 Å². The van der Waals surface area contributed by atoms with Gasteiger partial charge in [0.25, 0.3) is 0 Å². The van der Waals surface area contributed by atoms with E-state index in [-0.39, 0.29) is 17.3 Å². The molecule has 18 heavy (non-hydrogen) atoms. The van der Waals surface area contributed by atoms with Gasteiger partial charge in [-0.25, -0.2) is 0 Å². The molecule has 4 nitrogen and oxygen atoms in total. The van der Waals surface area contributed by atoms with Gasteiger partial charge in [0.2, 0.25) is 11.6 Å². The molecule has 0 bridgehead atoms. The molecule has 1 N–H and O–H groups in total. The van der Waals surface area contributed by atoms with Gasteiger partial charge < -0.3 is 9.84 Å². The maximum Gasteiger partial charge on any atom is 0.245 e. The minimum absolute atomic E-state index is 0.0742. The van der Waals surface area contributed by atoms with Gasteiger partial charge in [0.1, 0.15) is 5.41 Å². The molecular weight excluding hydrogens is 232 g/mol. The number of Topliss-reactive ketones (excluding diaryl/α,β-unsaturated/α-hetero) is 1. The van der Waals surface area contributed by atoms with E-state index in [0.717, 1.165) is 0 Å². The largest absolute Gasteiger partial charge is 0.358 e. The third-order valence-electron chi connectivity index (χ3n) is 4.46. The Kier molecular flexibility index (Phi) is 1.97. The molecule has 0 aromatic carbocycles. The Morgan fingerprint density at radius 2 is 2.11 bits per heavy atom. The zero-order valence-electron chi connectivity index (χ0n) is 10.7. The Morgan fingerprint density at radius 3 is 2.67 bits per heavy atom. The second-order valence-electron chi connectivity index (χ2n) is 5.87. The first-order valence-electron chi connectivity index (χ1n) is 6.16. The number of hydrogen-bond acceptors (Lipinski definition) is 4. The fraction of sp³-hybridized carbons (Fsp3) is 0.571. The molecule has 0 aromatic heterocycles. The lowest BCUT2D eigenvalue weighted by Crippen LogP contribution is -2.54. The van der Waals surface area contributed by atoms with Crippen LogP contribution in [0, 0.1) is 11.3 Å². The molecule has 3 aliphatic rings. The van der Waals surface area contributed by atoms with Crippen LogP contribution in [0.3, 0.4) is 0 Å². The summed E-state index contributed by atoms with van der Waals surface area (Å²) < 4.78 is 5.56. The van der Waals surface area contributed by atoms with Gasteiger partial charge >= 0.3 is 0 Å². The molecule has 3 rings (SSSR count). The monoisotopic (exact) mass is 248 g/mol. The molecule has 1 heterocycles. The average Bonchev–Trinajstić information content (AvgIpc) is 2.98. The van der Waals surface area contributed by atoms with Crippen LogP contribution < -0.4 is 0 Å². The topological polar surface area (TPSA) is 63.6 Å². The van der Waals surface area contributed by atoms with Gasteiger partial charge in [0.05, 0.1) is 5.60 Å². The van der Waals surface area contributed by atoms with Crippen molar-refractivity contribution in [3.8, 4) is 0 Å². The summed E-state index contributed by atoms with van der Waals surface area (Å²) in [6.45, 7) is 5.39. The number of allylic oxidation sites excluding steroid dienone is 3. The summed E-state index contributed by atoms with van der Waals surface area (Å²) in [4.78, 5) is 24.6. The molecule has 3 atom stereocenters. The molecular formula is C14H16O4. The summed E-state index contributed by atoms with van der Waals surface area (Å²) in [6, 6.07) is 0.